The van der Waals surface area contributed by atoms with Crippen LogP contribution in [0.4, 0.5) is 8.78 Å². The smallest absolute Gasteiger partial charge is 0.151 e. The third kappa shape index (κ3) is 4.02. The fourth-order valence-corrected chi connectivity index (χ4v) is 1.68. The van der Waals surface area contributed by atoms with Crippen molar-refractivity contribution in [2.45, 2.75) is 6.42 Å². The maximum absolute atomic E-state index is 13.5. The Balaban J connectivity index is 2.71. The Labute approximate surface area is 107 Å². The van der Waals surface area contributed by atoms with E-state index in [1.54, 1.807) is 6.08 Å². The van der Waals surface area contributed by atoms with Gasteiger partial charge in [0, 0.05) is 18.5 Å². The van der Waals surface area contributed by atoms with Crippen LogP contribution >= 0.6 is 15.9 Å². The monoisotopic (exact) mass is 303 g/mol. The highest BCUT2D eigenvalue weighted by Crippen LogP contribution is 2.21. The molecule has 5 heteroatoms. The van der Waals surface area contributed by atoms with E-state index in [9.17, 15) is 13.6 Å². The summed E-state index contributed by atoms with van der Waals surface area (Å²) in [7, 11) is 0. The normalized spacial score (nSPS) is 10.3. The van der Waals surface area contributed by atoms with Gasteiger partial charge in [-0.1, -0.05) is 6.08 Å². The van der Waals surface area contributed by atoms with Gasteiger partial charge in [0.15, 0.2) is 5.78 Å². The van der Waals surface area contributed by atoms with Gasteiger partial charge in [-0.15, -0.1) is 6.58 Å². The SMILES string of the molecule is C=CCNCC(=O)Cc1c(F)ccc(Br)c1F. The molecule has 0 saturated heterocycles. The highest BCUT2D eigenvalue weighted by molar-refractivity contribution is 9.10. The van der Waals surface area contributed by atoms with Crippen LogP contribution in [-0.2, 0) is 11.2 Å². The molecule has 0 atom stereocenters. The molecule has 1 aromatic carbocycles. The molecule has 1 rings (SSSR count). The molecule has 1 aromatic rings. The highest BCUT2D eigenvalue weighted by Gasteiger charge is 2.15. The van der Waals surface area contributed by atoms with Crippen LogP contribution in [0.15, 0.2) is 29.3 Å². The Kier molecular flexibility index (Phi) is 5.44. The number of rotatable bonds is 6. The van der Waals surface area contributed by atoms with Gasteiger partial charge in [-0.05, 0) is 28.1 Å². The molecular formula is C12H12BrF2NO. The fraction of sp³-hybridized carbons (Fsp3) is 0.250. The number of hydrogen-bond acceptors (Lipinski definition) is 2. The van der Waals surface area contributed by atoms with E-state index in [4.69, 9.17) is 0 Å². The fourth-order valence-electron chi connectivity index (χ4n) is 1.30. The quantitative estimate of drug-likeness (QED) is 0.497. The predicted octanol–water partition coefficient (Wildman–Crippen LogP) is 2.61. The zero-order valence-corrected chi connectivity index (χ0v) is 10.7. The molecular weight excluding hydrogens is 292 g/mol. The first-order valence-electron chi connectivity index (χ1n) is 5.02. The molecule has 0 saturated carbocycles. The highest BCUT2D eigenvalue weighted by atomic mass is 79.9. The second kappa shape index (κ2) is 6.61. The molecule has 0 fully saturated rings. The summed E-state index contributed by atoms with van der Waals surface area (Å²) in [5, 5.41) is 2.78. The van der Waals surface area contributed by atoms with E-state index >= 15 is 0 Å². The average Bonchev–Trinajstić information content (AvgIpc) is 2.30. The summed E-state index contributed by atoms with van der Waals surface area (Å²) in [6, 6.07) is 2.40. The molecule has 2 nitrogen and oxygen atoms in total. The summed E-state index contributed by atoms with van der Waals surface area (Å²) in [6.07, 6.45) is 1.34. The third-order valence-electron chi connectivity index (χ3n) is 2.12. The van der Waals surface area contributed by atoms with E-state index < -0.39 is 11.6 Å². The molecule has 0 aliphatic carbocycles. The standard InChI is InChI=1S/C12H12BrF2NO/c1-2-5-16-7-8(17)6-9-11(14)4-3-10(13)12(9)15/h2-4,16H,1,5-7H2. The summed E-state index contributed by atoms with van der Waals surface area (Å²) in [5.41, 5.74) is -0.204. The molecule has 0 bridgehead atoms. The lowest BCUT2D eigenvalue weighted by molar-refractivity contribution is -0.117. The van der Waals surface area contributed by atoms with E-state index in [1.807, 2.05) is 0 Å². The Bertz CT molecular complexity index is 435. The molecule has 0 amide bonds. The van der Waals surface area contributed by atoms with Crippen molar-refractivity contribution in [1.82, 2.24) is 5.32 Å². The minimum atomic E-state index is -0.720. The number of benzene rings is 1. The Morgan fingerprint density at radius 3 is 2.82 bits per heavy atom. The Morgan fingerprint density at radius 2 is 2.18 bits per heavy atom. The maximum Gasteiger partial charge on any atom is 0.151 e. The molecule has 0 spiro atoms. The van der Waals surface area contributed by atoms with Crippen molar-refractivity contribution in [1.29, 1.82) is 0 Å². The molecule has 0 unspecified atom stereocenters. The summed E-state index contributed by atoms with van der Waals surface area (Å²) >= 11 is 2.95. The molecule has 0 aliphatic heterocycles. The number of carbonyl (C=O) groups excluding carboxylic acids is 1. The largest absolute Gasteiger partial charge is 0.307 e. The first-order chi connectivity index (χ1) is 8.06. The van der Waals surface area contributed by atoms with Crippen LogP contribution in [0.3, 0.4) is 0 Å². The van der Waals surface area contributed by atoms with Crippen molar-refractivity contribution >= 4 is 21.7 Å². The second-order valence-electron chi connectivity index (χ2n) is 3.46. The lowest BCUT2D eigenvalue weighted by atomic mass is 10.1. The van der Waals surface area contributed by atoms with Crippen LogP contribution in [-0.4, -0.2) is 18.9 Å². The van der Waals surface area contributed by atoms with Crippen molar-refractivity contribution in [2.75, 3.05) is 13.1 Å². The first-order valence-corrected chi connectivity index (χ1v) is 5.81. The maximum atomic E-state index is 13.5. The molecule has 0 heterocycles. The van der Waals surface area contributed by atoms with Gasteiger partial charge in [0.25, 0.3) is 0 Å². The zero-order chi connectivity index (χ0) is 12.8. The van der Waals surface area contributed by atoms with Crippen molar-refractivity contribution in [2.24, 2.45) is 0 Å². The van der Waals surface area contributed by atoms with Gasteiger partial charge >= 0.3 is 0 Å². The Morgan fingerprint density at radius 1 is 1.47 bits per heavy atom. The van der Waals surface area contributed by atoms with Crippen molar-refractivity contribution < 1.29 is 13.6 Å². The second-order valence-corrected chi connectivity index (χ2v) is 4.31. The minimum absolute atomic E-state index is 0.0669. The molecule has 0 aliphatic rings. The van der Waals surface area contributed by atoms with Crippen molar-refractivity contribution in [3.63, 3.8) is 0 Å². The molecule has 0 radical (unpaired) electrons. The average molecular weight is 304 g/mol. The molecule has 0 aromatic heterocycles. The summed E-state index contributed by atoms with van der Waals surface area (Å²) < 4.78 is 27.0. The lowest BCUT2D eigenvalue weighted by Crippen LogP contribution is -2.24. The zero-order valence-electron chi connectivity index (χ0n) is 9.10. The van der Waals surface area contributed by atoms with Crippen LogP contribution in [0.2, 0.25) is 0 Å². The molecule has 92 valence electrons. The number of carbonyl (C=O) groups is 1. The van der Waals surface area contributed by atoms with E-state index in [1.165, 1.54) is 6.07 Å². The first kappa shape index (κ1) is 14.0. The number of hydrogen-bond donors (Lipinski definition) is 1. The van der Waals surface area contributed by atoms with Gasteiger partial charge in [-0.3, -0.25) is 4.79 Å². The predicted molar refractivity (Wildman–Crippen MR) is 65.8 cm³/mol. The Hall–Kier alpha value is -1.07. The van der Waals surface area contributed by atoms with Gasteiger partial charge < -0.3 is 5.32 Å². The number of Topliss-reactive ketones (excluding diaryl/α,β-unsaturated/α-hetero) is 1. The van der Waals surface area contributed by atoms with E-state index in [0.717, 1.165) is 6.07 Å². The van der Waals surface area contributed by atoms with Gasteiger partial charge in [0.2, 0.25) is 0 Å². The van der Waals surface area contributed by atoms with Crippen LogP contribution in [0.5, 0.6) is 0 Å². The number of nitrogens with one attached hydrogen (secondary N) is 1. The lowest BCUT2D eigenvalue weighted by Gasteiger charge is -2.06. The third-order valence-corrected chi connectivity index (χ3v) is 2.74. The van der Waals surface area contributed by atoms with Crippen LogP contribution in [0.25, 0.3) is 0 Å². The summed E-state index contributed by atoms with van der Waals surface area (Å²) in [4.78, 5) is 11.5. The summed E-state index contributed by atoms with van der Waals surface area (Å²) in [6.45, 7) is 4.03. The summed E-state index contributed by atoms with van der Waals surface area (Å²) in [5.74, 6) is -1.70. The van der Waals surface area contributed by atoms with E-state index in [-0.39, 0.29) is 28.8 Å². The van der Waals surface area contributed by atoms with Crippen molar-refractivity contribution in [3.05, 3.63) is 46.5 Å². The molecule has 1 N–H and O–H groups in total. The van der Waals surface area contributed by atoms with Crippen LogP contribution in [0.1, 0.15) is 5.56 Å². The van der Waals surface area contributed by atoms with E-state index in [2.05, 4.69) is 27.8 Å². The van der Waals surface area contributed by atoms with Gasteiger partial charge in [-0.2, -0.15) is 0 Å². The number of halogens is 3. The van der Waals surface area contributed by atoms with Gasteiger partial charge in [0.05, 0.1) is 11.0 Å². The topological polar surface area (TPSA) is 29.1 Å². The molecule has 17 heavy (non-hydrogen) atoms. The minimum Gasteiger partial charge on any atom is -0.307 e. The van der Waals surface area contributed by atoms with Gasteiger partial charge in [-0.25, -0.2) is 8.78 Å². The van der Waals surface area contributed by atoms with Crippen LogP contribution < -0.4 is 5.32 Å². The van der Waals surface area contributed by atoms with Crippen LogP contribution in [0, 0.1) is 11.6 Å². The van der Waals surface area contributed by atoms with Gasteiger partial charge in [0.1, 0.15) is 11.6 Å². The van der Waals surface area contributed by atoms with Crippen molar-refractivity contribution in [3.8, 4) is 0 Å². The van der Waals surface area contributed by atoms with E-state index in [0.29, 0.717) is 6.54 Å². The number of ketones is 1.